The zero-order chi connectivity index (χ0) is 15.9. The van der Waals surface area contributed by atoms with E-state index in [1.165, 1.54) is 0 Å². The summed E-state index contributed by atoms with van der Waals surface area (Å²) in [4.78, 5) is 12.0. The van der Waals surface area contributed by atoms with Crippen LogP contribution in [0.1, 0.15) is 0 Å². The Labute approximate surface area is 137 Å². The minimum Gasteiger partial charge on any atom is -0.493 e. The molecule has 0 spiro atoms. The average molecular weight is 365 g/mol. The third-order valence-electron chi connectivity index (χ3n) is 2.98. The lowest BCUT2D eigenvalue weighted by atomic mass is 10.2. The smallest absolute Gasteiger partial charge is 0.243 e. The number of carbonyl (C=O) groups excluding carboxylic acids is 1. The van der Waals surface area contributed by atoms with Crippen molar-refractivity contribution in [2.45, 2.75) is 0 Å². The van der Waals surface area contributed by atoms with E-state index in [-0.39, 0.29) is 12.5 Å². The van der Waals surface area contributed by atoms with Gasteiger partial charge in [-0.1, -0.05) is 12.1 Å². The first-order chi connectivity index (χ1) is 10.6. The van der Waals surface area contributed by atoms with Crippen LogP contribution >= 0.6 is 15.9 Å². The summed E-state index contributed by atoms with van der Waals surface area (Å²) in [6.45, 7) is 0.150. The molecule has 0 aromatic heterocycles. The van der Waals surface area contributed by atoms with Crippen molar-refractivity contribution in [1.82, 2.24) is 0 Å². The third-order valence-corrected chi connectivity index (χ3v) is 3.68. The number of carbonyl (C=O) groups is 1. The van der Waals surface area contributed by atoms with E-state index in [1.54, 1.807) is 26.4 Å². The Morgan fingerprint density at radius 3 is 2.50 bits per heavy atom. The van der Waals surface area contributed by atoms with E-state index in [1.807, 2.05) is 30.3 Å². The summed E-state index contributed by atoms with van der Waals surface area (Å²) in [6.07, 6.45) is 0. The fourth-order valence-corrected chi connectivity index (χ4v) is 2.27. The predicted octanol–water partition coefficient (Wildman–Crippen LogP) is 3.52. The number of rotatable bonds is 6. The molecule has 0 unspecified atom stereocenters. The van der Waals surface area contributed by atoms with Crippen molar-refractivity contribution in [2.75, 3.05) is 31.4 Å². The Bertz CT molecular complexity index is 662. The lowest BCUT2D eigenvalue weighted by Gasteiger charge is -2.12. The van der Waals surface area contributed by atoms with Gasteiger partial charge in [0.1, 0.15) is 0 Å². The van der Waals surface area contributed by atoms with E-state index >= 15 is 0 Å². The fraction of sp³-hybridized carbons (Fsp3) is 0.188. The van der Waals surface area contributed by atoms with E-state index < -0.39 is 0 Å². The van der Waals surface area contributed by atoms with Crippen LogP contribution in [0.5, 0.6) is 11.5 Å². The lowest BCUT2D eigenvalue weighted by Crippen LogP contribution is -2.21. The van der Waals surface area contributed by atoms with Crippen LogP contribution in [-0.2, 0) is 4.79 Å². The summed E-state index contributed by atoms with van der Waals surface area (Å²) in [6, 6.07) is 12.9. The summed E-state index contributed by atoms with van der Waals surface area (Å²) < 4.78 is 11.2. The second-order valence-electron chi connectivity index (χ2n) is 4.45. The summed E-state index contributed by atoms with van der Waals surface area (Å²) in [7, 11) is 3.15. The molecule has 2 aromatic rings. The monoisotopic (exact) mass is 364 g/mol. The number of nitrogens with one attached hydrogen (secondary N) is 2. The Morgan fingerprint density at radius 2 is 1.82 bits per heavy atom. The second-order valence-corrected chi connectivity index (χ2v) is 5.31. The van der Waals surface area contributed by atoms with Crippen molar-refractivity contribution >= 4 is 33.2 Å². The predicted molar refractivity (Wildman–Crippen MR) is 90.8 cm³/mol. The van der Waals surface area contributed by atoms with E-state index in [0.717, 1.165) is 15.8 Å². The van der Waals surface area contributed by atoms with Gasteiger partial charge in [-0.25, -0.2) is 0 Å². The molecule has 1 amide bonds. The molecule has 2 rings (SSSR count). The number of halogens is 1. The molecule has 2 aromatic carbocycles. The van der Waals surface area contributed by atoms with Crippen molar-refractivity contribution in [1.29, 1.82) is 0 Å². The van der Waals surface area contributed by atoms with Crippen LogP contribution in [0.3, 0.4) is 0 Å². The highest BCUT2D eigenvalue weighted by molar-refractivity contribution is 9.10. The third kappa shape index (κ3) is 4.14. The molecule has 0 saturated carbocycles. The number of ether oxygens (including phenoxy) is 2. The van der Waals surface area contributed by atoms with Crippen molar-refractivity contribution in [3.63, 3.8) is 0 Å². The topological polar surface area (TPSA) is 59.6 Å². The Balaban J connectivity index is 1.95. The average Bonchev–Trinajstić information content (AvgIpc) is 2.54. The molecule has 0 saturated heterocycles. The minimum atomic E-state index is -0.137. The largest absolute Gasteiger partial charge is 0.493 e. The summed E-state index contributed by atoms with van der Waals surface area (Å²) in [5.41, 5.74) is 1.52. The lowest BCUT2D eigenvalue weighted by molar-refractivity contribution is -0.114. The Morgan fingerprint density at radius 1 is 1.09 bits per heavy atom. The van der Waals surface area contributed by atoms with Crippen LogP contribution < -0.4 is 20.1 Å². The molecule has 5 nitrogen and oxygen atoms in total. The van der Waals surface area contributed by atoms with Gasteiger partial charge in [0.15, 0.2) is 11.5 Å². The molecule has 0 radical (unpaired) electrons. The van der Waals surface area contributed by atoms with Gasteiger partial charge in [0.25, 0.3) is 0 Å². The number of anilines is 2. The van der Waals surface area contributed by atoms with Gasteiger partial charge in [-0.15, -0.1) is 0 Å². The Hall–Kier alpha value is -2.21. The van der Waals surface area contributed by atoms with Crippen molar-refractivity contribution in [3.05, 3.63) is 46.9 Å². The second kappa shape index (κ2) is 7.70. The molecular formula is C16H17BrN2O3. The van der Waals surface area contributed by atoms with Gasteiger partial charge in [0.2, 0.25) is 5.91 Å². The van der Waals surface area contributed by atoms with Gasteiger partial charge in [0, 0.05) is 16.2 Å². The summed E-state index contributed by atoms with van der Waals surface area (Å²) in [5, 5.41) is 5.87. The summed E-state index contributed by atoms with van der Waals surface area (Å²) in [5.74, 6) is 1.12. The molecular weight excluding hydrogens is 348 g/mol. The number of para-hydroxylation sites is 1. The molecule has 2 N–H and O–H groups in total. The maximum Gasteiger partial charge on any atom is 0.243 e. The molecule has 116 valence electrons. The highest BCUT2D eigenvalue weighted by atomic mass is 79.9. The van der Waals surface area contributed by atoms with Crippen LogP contribution in [0.15, 0.2) is 46.9 Å². The molecule has 0 atom stereocenters. The van der Waals surface area contributed by atoms with Gasteiger partial charge < -0.3 is 20.1 Å². The van der Waals surface area contributed by atoms with E-state index in [2.05, 4.69) is 26.6 Å². The maximum atomic E-state index is 12.0. The zero-order valence-corrected chi connectivity index (χ0v) is 13.9. The first-order valence-electron chi connectivity index (χ1n) is 6.64. The van der Waals surface area contributed by atoms with Crippen LogP contribution in [-0.4, -0.2) is 26.7 Å². The van der Waals surface area contributed by atoms with Gasteiger partial charge in [-0.05, 0) is 40.2 Å². The molecule has 0 aliphatic rings. The highest BCUT2D eigenvalue weighted by Crippen LogP contribution is 2.29. The number of methoxy groups -OCH3 is 2. The molecule has 0 fully saturated rings. The van der Waals surface area contributed by atoms with Crippen LogP contribution in [0.25, 0.3) is 0 Å². The maximum absolute atomic E-state index is 12.0. The molecule has 0 aliphatic carbocycles. The standard InChI is InChI=1S/C16H17BrN2O3/c1-21-14-8-7-11(9-15(14)22-2)18-10-16(20)19-13-6-4-3-5-12(13)17/h3-9,18H,10H2,1-2H3,(H,19,20). The minimum absolute atomic E-state index is 0.137. The van der Waals surface area contributed by atoms with E-state index in [0.29, 0.717) is 11.5 Å². The first kappa shape index (κ1) is 16.2. The number of hydrogen-bond acceptors (Lipinski definition) is 4. The molecule has 6 heteroatoms. The van der Waals surface area contributed by atoms with Gasteiger partial charge >= 0.3 is 0 Å². The molecule has 0 bridgehead atoms. The van der Waals surface area contributed by atoms with Gasteiger partial charge in [-0.3, -0.25) is 4.79 Å². The molecule has 22 heavy (non-hydrogen) atoms. The zero-order valence-electron chi connectivity index (χ0n) is 12.4. The van der Waals surface area contributed by atoms with Crippen molar-refractivity contribution in [3.8, 4) is 11.5 Å². The van der Waals surface area contributed by atoms with E-state index in [9.17, 15) is 4.79 Å². The highest BCUT2D eigenvalue weighted by Gasteiger charge is 2.07. The summed E-state index contributed by atoms with van der Waals surface area (Å²) >= 11 is 3.39. The quantitative estimate of drug-likeness (QED) is 0.823. The van der Waals surface area contributed by atoms with Gasteiger partial charge in [-0.2, -0.15) is 0 Å². The van der Waals surface area contributed by atoms with Crippen molar-refractivity contribution in [2.24, 2.45) is 0 Å². The van der Waals surface area contributed by atoms with E-state index in [4.69, 9.17) is 9.47 Å². The Kier molecular flexibility index (Phi) is 5.66. The van der Waals surface area contributed by atoms with Crippen LogP contribution in [0, 0.1) is 0 Å². The normalized spacial score (nSPS) is 9.95. The number of hydrogen-bond donors (Lipinski definition) is 2. The van der Waals surface area contributed by atoms with Crippen LogP contribution in [0.2, 0.25) is 0 Å². The van der Waals surface area contributed by atoms with Crippen molar-refractivity contribution < 1.29 is 14.3 Å². The first-order valence-corrected chi connectivity index (χ1v) is 7.43. The molecule has 0 aliphatic heterocycles. The van der Waals surface area contributed by atoms with Gasteiger partial charge in [0.05, 0.1) is 26.5 Å². The SMILES string of the molecule is COc1ccc(NCC(=O)Nc2ccccc2Br)cc1OC. The number of amides is 1. The fourth-order valence-electron chi connectivity index (χ4n) is 1.89. The number of benzene rings is 2. The molecule has 0 heterocycles. The van der Waals surface area contributed by atoms with Crippen LogP contribution in [0.4, 0.5) is 11.4 Å².